The van der Waals surface area contributed by atoms with Gasteiger partial charge >= 0.3 is 0 Å². The highest BCUT2D eigenvalue weighted by atomic mass is 16.5. The molecule has 0 radical (unpaired) electrons. The molecule has 2 aromatic rings. The number of ether oxygens (including phenoxy) is 1. The second-order valence-corrected chi connectivity index (χ2v) is 5.95. The van der Waals surface area contributed by atoms with Crippen LogP contribution in [0.5, 0.6) is 5.75 Å². The Balaban J connectivity index is 1.96. The average molecular weight is 297 g/mol. The van der Waals surface area contributed by atoms with Gasteiger partial charge in [-0.25, -0.2) is 0 Å². The van der Waals surface area contributed by atoms with Crippen molar-refractivity contribution in [3.63, 3.8) is 0 Å². The molecule has 2 heteroatoms. The molecule has 0 atom stereocenters. The minimum Gasteiger partial charge on any atom is -0.491 e. The largest absolute Gasteiger partial charge is 0.491 e. The third-order valence-electron chi connectivity index (χ3n) is 3.77. The third-order valence-corrected chi connectivity index (χ3v) is 3.77. The first kappa shape index (κ1) is 16.4. The molecule has 0 saturated carbocycles. The van der Waals surface area contributed by atoms with Gasteiger partial charge in [-0.15, -0.1) is 0 Å². The van der Waals surface area contributed by atoms with Crippen LogP contribution in [0, 0.1) is 0 Å². The fourth-order valence-electron chi connectivity index (χ4n) is 2.28. The predicted octanol–water partition coefficient (Wildman–Crippen LogP) is 5.60. The topological polar surface area (TPSA) is 21.3 Å². The Morgan fingerprint density at radius 3 is 2.41 bits per heavy atom. The van der Waals surface area contributed by atoms with E-state index in [0.29, 0.717) is 5.92 Å². The minimum atomic E-state index is 0.578. The molecule has 118 valence electrons. The van der Waals surface area contributed by atoms with Gasteiger partial charge in [-0.1, -0.05) is 63.6 Å². The average Bonchev–Trinajstić information content (AvgIpc) is 2.54. The number of para-hydroxylation sites is 2. The maximum absolute atomic E-state index is 5.85. The van der Waals surface area contributed by atoms with Crippen molar-refractivity contribution < 1.29 is 4.74 Å². The second kappa shape index (κ2) is 8.47. The zero-order valence-corrected chi connectivity index (χ0v) is 13.9. The summed E-state index contributed by atoms with van der Waals surface area (Å²) >= 11 is 0. The van der Waals surface area contributed by atoms with Crippen molar-refractivity contribution in [2.75, 3.05) is 11.9 Å². The molecule has 0 heterocycles. The highest BCUT2D eigenvalue weighted by Crippen LogP contribution is 2.25. The predicted molar refractivity (Wildman–Crippen MR) is 94.7 cm³/mol. The van der Waals surface area contributed by atoms with Crippen molar-refractivity contribution in [3.05, 3.63) is 59.7 Å². The molecule has 0 aliphatic heterocycles. The second-order valence-electron chi connectivity index (χ2n) is 5.95. The molecule has 2 aromatic carbocycles. The Morgan fingerprint density at radius 2 is 1.73 bits per heavy atom. The molecule has 0 saturated heterocycles. The molecule has 0 unspecified atom stereocenters. The van der Waals surface area contributed by atoms with Crippen molar-refractivity contribution >= 4 is 5.69 Å². The van der Waals surface area contributed by atoms with Crippen LogP contribution in [0.15, 0.2) is 48.5 Å². The van der Waals surface area contributed by atoms with Gasteiger partial charge in [-0.2, -0.15) is 0 Å². The summed E-state index contributed by atoms with van der Waals surface area (Å²) in [7, 11) is 0. The highest BCUT2D eigenvalue weighted by Gasteiger charge is 2.03. The van der Waals surface area contributed by atoms with Crippen LogP contribution in [-0.4, -0.2) is 6.61 Å². The molecule has 0 amide bonds. The van der Waals surface area contributed by atoms with E-state index in [1.54, 1.807) is 0 Å². The number of hydrogen-bond acceptors (Lipinski definition) is 2. The van der Waals surface area contributed by atoms with Crippen LogP contribution in [-0.2, 0) is 6.54 Å². The van der Waals surface area contributed by atoms with E-state index in [1.165, 1.54) is 11.1 Å². The maximum Gasteiger partial charge on any atom is 0.142 e. The van der Waals surface area contributed by atoms with Crippen LogP contribution in [0.4, 0.5) is 5.69 Å². The van der Waals surface area contributed by atoms with E-state index in [2.05, 4.69) is 56.4 Å². The summed E-state index contributed by atoms with van der Waals surface area (Å²) in [6.07, 6.45) is 2.24. The summed E-state index contributed by atoms with van der Waals surface area (Å²) < 4.78 is 5.85. The van der Waals surface area contributed by atoms with Gasteiger partial charge in [-0.3, -0.25) is 0 Å². The van der Waals surface area contributed by atoms with Crippen LogP contribution < -0.4 is 10.1 Å². The SMILES string of the molecule is CCCCOc1ccccc1NCc1ccc(C(C)C)cc1. The Bertz CT molecular complexity index is 560. The number of unbranched alkanes of at least 4 members (excludes halogenated alkanes) is 1. The minimum absolute atomic E-state index is 0.578. The van der Waals surface area contributed by atoms with E-state index in [0.717, 1.165) is 37.4 Å². The summed E-state index contributed by atoms with van der Waals surface area (Å²) in [6.45, 7) is 8.20. The van der Waals surface area contributed by atoms with Gasteiger partial charge in [0.2, 0.25) is 0 Å². The maximum atomic E-state index is 5.85. The number of rotatable bonds is 8. The monoisotopic (exact) mass is 297 g/mol. The van der Waals surface area contributed by atoms with E-state index < -0.39 is 0 Å². The lowest BCUT2D eigenvalue weighted by Crippen LogP contribution is -2.04. The lowest BCUT2D eigenvalue weighted by molar-refractivity contribution is 0.310. The van der Waals surface area contributed by atoms with Crippen LogP contribution in [0.25, 0.3) is 0 Å². The number of nitrogens with one attached hydrogen (secondary N) is 1. The first-order valence-corrected chi connectivity index (χ1v) is 8.25. The third kappa shape index (κ3) is 4.80. The number of anilines is 1. The molecule has 0 bridgehead atoms. The van der Waals surface area contributed by atoms with Crippen molar-refractivity contribution in [3.8, 4) is 5.75 Å². The molecule has 2 rings (SSSR count). The lowest BCUT2D eigenvalue weighted by atomic mass is 10.0. The summed E-state index contributed by atoms with van der Waals surface area (Å²) in [5.41, 5.74) is 3.73. The number of hydrogen-bond donors (Lipinski definition) is 1. The summed E-state index contributed by atoms with van der Waals surface area (Å²) in [6, 6.07) is 17.0. The van der Waals surface area contributed by atoms with Gasteiger partial charge in [0, 0.05) is 6.54 Å². The first-order valence-electron chi connectivity index (χ1n) is 8.25. The van der Waals surface area contributed by atoms with E-state index in [1.807, 2.05) is 18.2 Å². The normalized spacial score (nSPS) is 10.7. The van der Waals surface area contributed by atoms with Gasteiger partial charge in [0.15, 0.2) is 0 Å². The van der Waals surface area contributed by atoms with E-state index in [4.69, 9.17) is 4.74 Å². The van der Waals surface area contributed by atoms with Gasteiger partial charge in [0.05, 0.1) is 12.3 Å². The highest BCUT2D eigenvalue weighted by molar-refractivity contribution is 5.56. The molecule has 0 aliphatic carbocycles. The molecule has 22 heavy (non-hydrogen) atoms. The number of benzene rings is 2. The Labute approximate surface area is 134 Å². The smallest absolute Gasteiger partial charge is 0.142 e. The Morgan fingerprint density at radius 1 is 1.00 bits per heavy atom. The molecule has 0 fully saturated rings. The van der Waals surface area contributed by atoms with Crippen LogP contribution in [0.3, 0.4) is 0 Å². The summed E-state index contributed by atoms with van der Waals surface area (Å²) in [4.78, 5) is 0. The fourth-order valence-corrected chi connectivity index (χ4v) is 2.28. The van der Waals surface area contributed by atoms with Gasteiger partial charge in [-0.05, 0) is 35.6 Å². The van der Waals surface area contributed by atoms with Gasteiger partial charge in [0.1, 0.15) is 5.75 Å². The molecule has 1 N–H and O–H groups in total. The van der Waals surface area contributed by atoms with Crippen molar-refractivity contribution in [2.24, 2.45) is 0 Å². The molecular formula is C20H27NO. The molecule has 0 spiro atoms. The van der Waals surface area contributed by atoms with Crippen LogP contribution in [0.2, 0.25) is 0 Å². The van der Waals surface area contributed by atoms with Gasteiger partial charge < -0.3 is 10.1 Å². The molecule has 2 nitrogen and oxygen atoms in total. The van der Waals surface area contributed by atoms with Crippen molar-refractivity contribution in [2.45, 2.75) is 46.1 Å². The van der Waals surface area contributed by atoms with Crippen molar-refractivity contribution in [1.29, 1.82) is 0 Å². The van der Waals surface area contributed by atoms with Gasteiger partial charge in [0.25, 0.3) is 0 Å². The zero-order valence-electron chi connectivity index (χ0n) is 13.9. The molecular weight excluding hydrogens is 270 g/mol. The van der Waals surface area contributed by atoms with Crippen molar-refractivity contribution in [1.82, 2.24) is 0 Å². The molecule has 0 aromatic heterocycles. The summed E-state index contributed by atoms with van der Waals surface area (Å²) in [5, 5.41) is 3.48. The zero-order chi connectivity index (χ0) is 15.8. The first-order chi connectivity index (χ1) is 10.7. The standard InChI is InChI=1S/C20H27NO/c1-4-5-14-22-20-9-7-6-8-19(20)21-15-17-10-12-18(13-11-17)16(2)3/h6-13,16,21H,4-5,14-15H2,1-3H3. The fraction of sp³-hybridized carbons (Fsp3) is 0.400. The summed E-state index contributed by atoms with van der Waals surface area (Å²) in [5.74, 6) is 1.52. The van der Waals surface area contributed by atoms with E-state index in [-0.39, 0.29) is 0 Å². The quantitative estimate of drug-likeness (QED) is 0.640. The van der Waals surface area contributed by atoms with Crippen LogP contribution >= 0.6 is 0 Å². The van der Waals surface area contributed by atoms with E-state index >= 15 is 0 Å². The Hall–Kier alpha value is -1.96. The Kier molecular flexibility index (Phi) is 6.32. The molecule has 0 aliphatic rings. The lowest BCUT2D eigenvalue weighted by Gasteiger charge is -2.13. The van der Waals surface area contributed by atoms with E-state index in [9.17, 15) is 0 Å². The van der Waals surface area contributed by atoms with Crippen LogP contribution in [0.1, 0.15) is 50.7 Å².